The Labute approximate surface area is 204 Å². The second-order valence-electron chi connectivity index (χ2n) is 9.25. The van der Waals surface area contributed by atoms with Gasteiger partial charge >= 0.3 is 12.0 Å². The fourth-order valence-corrected chi connectivity index (χ4v) is 5.06. The number of urea groups is 1. The number of rotatable bonds is 5. The summed E-state index contributed by atoms with van der Waals surface area (Å²) in [5.74, 6) is 0.541. The molecule has 1 fully saturated rings. The lowest BCUT2D eigenvalue weighted by atomic mass is 9.77. The number of carboxylic acids is 1. The molecule has 3 aromatic rings. The van der Waals surface area contributed by atoms with Gasteiger partial charge in [0.05, 0.1) is 12.2 Å². The van der Waals surface area contributed by atoms with Crippen LogP contribution in [-0.2, 0) is 4.79 Å². The second-order valence-corrected chi connectivity index (χ2v) is 9.25. The van der Waals surface area contributed by atoms with E-state index in [0.29, 0.717) is 36.6 Å². The van der Waals surface area contributed by atoms with Crippen LogP contribution in [-0.4, -0.2) is 35.2 Å². The van der Waals surface area contributed by atoms with Crippen molar-refractivity contribution >= 4 is 23.4 Å². The van der Waals surface area contributed by atoms with E-state index in [1.165, 1.54) is 5.56 Å². The Balaban J connectivity index is 1.27. The minimum absolute atomic E-state index is 0.210. The highest BCUT2D eigenvalue weighted by atomic mass is 16.5. The van der Waals surface area contributed by atoms with E-state index in [0.717, 1.165) is 42.6 Å². The number of fused-ring (bicyclic) bond motifs is 1. The first-order valence-corrected chi connectivity index (χ1v) is 12.2. The van der Waals surface area contributed by atoms with Gasteiger partial charge in [-0.3, -0.25) is 9.69 Å². The maximum atomic E-state index is 12.8. The van der Waals surface area contributed by atoms with Gasteiger partial charge in [0.2, 0.25) is 5.88 Å². The maximum Gasteiger partial charge on any atom is 0.326 e. The van der Waals surface area contributed by atoms with Crippen molar-refractivity contribution in [1.29, 1.82) is 0 Å². The van der Waals surface area contributed by atoms with Crippen LogP contribution in [0.5, 0.6) is 5.88 Å². The second kappa shape index (κ2) is 10.2. The monoisotopic (exact) mass is 471 g/mol. The lowest BCUT2D eigenvalue weighted by Crippen LogP contribution is -2.41. The third kappa shape index (κ3) is 5.29. The van der Waals surface area contributed by atoms with E-state index in [2.05, 4.69) is 29.6 Å². The summed E-state index contributed by atoms with van der Waals surface area (Å²) in [5.41, 5.74) is 4.48. The third-order valence-electron chi connectivity index (χ3n) is 6.94. The summed E-state index contributed by atoms with van der Waals surface area (Å²) < 4.78 is 5.80. The molecule has 7 heteroatoms. The molecule has 1 aliphatic heterocycles. The minimum Gasteiger partial charge on any atom is -0.481 e. The van der Waals surface area contributed by atoms with Crippen LogP contribution < -0.4 is 15.0 Å². The molecule has 1 aliphatic carbocycles. The zero-order valence-electron chi connectivity index (χ0n) is 19.5. The Kier molecular flexibility index (Phi) is 6.66. The van der Waals surface area contributed by atoms with Crippen molar-refractivity contribution < 1.29 is 19.4 Å². The van der Waals surface area contributed by atoms with Crippen molar-refractivity contribution in [3.63, 3.8) is 0 Å². The first-order chi connectivity index (χ1) is 17.1. The van der Waals surface area contributed by atoms with Gasteiger partial charge in [-0.1, -0.05) is 42.5 Å². The zero-order chi connectivity index (χ0) is 24.2. The van der Waals surface area contributed by atoms with E-state index >= 15 is 0 Å². The lowest BCUT2D eigenvalue weighted by Gasteiger charge is -2.29. The Bertz CT molecular complexity index is 1190. The number of anilines is 2. The van der Waals surface area contributed by atoms with Crippen molar-refractivity contribution in [2.75, 3.05) is 23.4 Å². The molecule has 0 radical (unpaired) electrons. The largest absolute Gasteiger partial charge is 0.481 e. The zero-order valence-corrected chi connectivity index (χ0v) is 19.5. The summed E-state index contributed by atoms with van der Waals surface area (Å²) >= 11 is 0. The standard InChI is InChI=1S/C28H29N3O4/c32-26(33)18-19-6-8-20(9-7-19)21-10-12-22(13-11-21)24-14-15-25-27(30-24)35-17-16-31(25)28(34)29-23-4-2-1-3-5-23/h1-5,10-15,19-20H,6-9,16-18H2,(H,29,34)(H,32,33)/t19-,20-. The first kappa shape index (κ1) is 22.9. The summed E-state index contributed by atoms with van der Waals surface area (Å²) in [5, 5.41) is 11.9. The Morgan fingerprint density at radius 3 is 2.43 bits per heavy atom. The number of carbonyl (C=O) groups excluding carboxylic acids is 1. The average molecular weight is 472 g/mol. The van der Waals surface area contributed by atoms with Crippen LogP contribution in [0, 0.1) is 5.92 Å². The molecule has 2 amide bonds. The van der Waals surface area contributed by atoms with Gasteiger partial charge in [0.25, 0.3) is 0 Å². The number of nitrogens with zero attached hydrogens (tertiary/aromatic N) is 2. The van der Waals surface area contributed by atoms with E-state index in [-0.39, 0.29) is 12.5 Å². The molecule has 2 aliphatic rings. The number of hydrogen-bond acceptors (Lipinski definition) is 4. The molecule has 1 saturated carbocycles. The van der Waals surface area contributed by atoms with Crippen molar-refractivity contribution in [2.24, 2.45) is 5.92 Å². The molecule has 2 heterocycles. The lowest BCUT2D eigenvalue weighted by molar-refractivity contribution is -0.138. The number of aliphatic carboxylic acids is 1. The third-order valence-corrected chi connectivity index (χ3v) is 6.94. The molecule has 0 unspecified atom stereocenters. The molecule has 0 bridgehead atoms. The number of benzene rings is 2. The minimum atomic E-state index is -0.695. The van der Waals surface area contributed by atoms with Crippen LogP contribution in [0.3, 0.4) is 0 Å². The summed E-state index contributed by atoms with van der Waals surface area (Å²) in [6.45, 7) is 0.839. The highest BCUT2D eigenvalue weighted by molar-refractivity contribution is 6.02. The van der Waals surface area contributed by atoms with Crippen LogP contribution in [0.4, 0.5) is 16.2 Å². The van der Waals surface area contributed by atoms with Crippen molar-refractivity contribution in [2.45, 2.75) is 38.0 Å². The topological polar surface area (TPSA) is 91.8 Å². The molecular formula is C28H29N3O4. The van der Waals surface area contributed by atoms with Crippen molar-refractivity contribution in [3.8, 4) is 17.1 Å². The molecular weight excluding hydrogens is 442 g/mol. The van der Waals surface area contributed by atoms with Gasteiger partial charge in [-0.15, -0.1) is 0 Å². The molecule has 0 saturated heterocycles. The Morgan fingerprint density at radius 2 is 1.71 bits per heavy atom. The van der Waals surface area contributed by atoms with Crippen molar-refractivity contribution in [3.05, 3.63) is 72.3 Å². The van der Waals surface area contributed by atoms with Gasteiger partial charge < -0.3 is 15.2 Å². The van der Waals surface area contributed by atoms with Gasteiger partial charge in [-0.25, -0.2) is 9.78 Å². The van der Waals surface area contributed by atoms with Gasteiger partial charge in [-0.2, -0.15) is 0 Å². The van der Waals surface area contributed by atoms with E-state index < -0.39 is 5.97 Å². The number of carbonyl (C=O) groups is 2. The highest BCUT2D eigenvalue weighted by Crippen LogP contribution is 2.38. The van der Waals surface area contributed by atoms with E-state index in [1.807, 2.05) is 42.5 Å². The first-order valence-electron chi connectivity index (χ1n) is 12.2. The average Bonchev–Trinajstić information content (AvgIpc) is 2.89. The predicted molar refractivity (Wildman–Crippen MR) is 135 cm³/mol. The molecule has 7 nitrogen and oxygen atoms in total. The SMILES string of the molecule is O=C(O)C[C@H]1CC[C@H](c2ccc(-c3ccc4c(n3)OCCN4C(=O)Nc3ccccc3)cc2)CC1. The van der Waals surface area contributed by atoms with E-state index in [4.69, 9.17) is 14.8 Å². The van der Waals surface area contributed by atoms with Gasteiger partial charge in [0, 0.05) is 17.7 Å². The Morgan fingerprint density at radius 1 is 0.971 bits per heavy atom. The van der Waals surface area contributed by atoms with Crippen LogP contribution in [0.2, 0.25) is 0 Å². The van der Waals surface area contributed by atoms with E-state index in [9.17, 15) is 9.59 Å². The number of ether oxygens (including phenoxy) is 1. The van der Waals surface area contributed by atoms with Crippen LogP contribution >= 0.6 is 0 Å². The molecule has 5 rings (SSSR count). The molecule has 1 aromatic heterocycles. The van der Waals surface area contributed by atoms with Gasteiger partial charge in [0.1, 0.15) is 12.3 Å². The smallest absolute Gasteiger partial charge is 0.326 e. The molecule has 2 aromatic carbocycles. The number of hydrogen-bond donors (Lipinski definition) is 2. The summed E-state index contributed by atoms with van der Waals surface area (Å²) in [6.07, 6.45) is 4.28. The van der Waals surface area contributed by atoms with Gasteiger partial charge in [-0.05, 0) is 67.3 Å². The van der Waals surface area contributed by atoms with Crippen LogP contribution in [0.25, 0.3) is 11.3 Å². The number of carboxylic acid groups (broad SMARTS) is 1. The molecule has 0 atom stereocenters. The fourth-order valence-electron chi connectivity index (χ4n) is 5.06. The summed E-state index contributed by atoms with van der Waals surface area (Å²) in [4.78, 5) is 30.2. The number of nitrogens with one attached hydrogen (secondary N) is 1. The number of pyridine rings is 1. The number of para-hydroxylation sites is 1. The Hall–Kier alpha value is -3.87. The normalized spacial score (nSPS) is 19.4. The summed E-state index contributed by atoms with van der Waals surface area (Å²) in [7, 11) is 0. The number of amides is 2. The predicted octanol–water partition coefficient (Wildman–Crippen LogP) is 5.93. The highest BCUT2D eigenvalue weighted by Gasteiger charge is 2.26. The molecule has 2 N–H and O–H groups in total. The molecule has 180 valence electrons. The maximum absolute atomic E-state index is 12.8. The molecule has 35 heavy (non-hydrogen) atoms. The fraction of sp³-hybridized carbons (Fsp3) is 0.321. The van der Waals surface area contributed by atoms with Crippen LogP contribution in [0.1, 0.15) is 43.6 Å². The quantitative estimate of drug-likeness (QED) is 0.481. The van der Waals surface area contributed by atoms with E-state index in [1.54, 1.807) is 4.90 Å². The number of aromatic nitrogens is 1. The van der Waals surface area contributed by atoms with Crippen LogP contribution in [0.15, 0.2) is 66.7 Å². The van der Waals surface area contributed by atoms with Crippen molar-refractivity contribution in [1.82, 2.24) is 4.98 Å². The summed E-state index contributed by atoms with van der Waals surface area (Å²) in [6, 6.07) is 21.4. The molecule has 0 spiro atoms. The van der Waals surface area contributed by atoms with Gasteiger partial charge in [0.15, 0.2) is 0 Å².